The minimum atomic E-state index is -0.0816. The number of carbonyl (C=O) groups is 1. The van der Waals surface area contributed by atoms with Crippen molar-refractivity contribution in [2.75, 3.05) is 0 Å². The van der Waals surface area contributed by atoms with E-state index in [4.69, 9.17) is 9.47 Å². The fraction of sp³-hybridized carbons (Fsp3) is 0.458. The van der Waals surface area contributed by atoms with Crippen molar-refractivity contribution in [1.29, 1.82) is 0 Å². The van der Waals surface area contributed by atoms with Gasteiger partial charge in [0, 0.05) is 0 Å². The molecule has 1 aliphatic carbocycles. The van der Waals surface area contributed by atoms with Gasteiger partial charge in [0.2, 0.25) is 0 Å². The van der Waals surface area contributed by atoms with Crippen LogP contribution in [0.2, 0.25) is 0 Å². The summed E-state index contributed by atoms with van der Waals surface area (Å²) in [7, 11) is 0. The number of carbonyl (C=O) groups excluding carboxylic acids is 1. The molecule has 0 bridgehead atoms. The normalized spacial score (nSPS) is 19.4. The van der Waals surface area contributed by atoms with Gasteiger partial charge in [-0.2, -0.15) is 0 Å². The Morgan fingerprint density at radius 3 is 2.26 bits per heavy atom. The first-order valence-corrected chi connectivity index (χ1v) is 10.2. The van der Waals surface area contributed by atoms with Crippen LogP contribution in [0.4, 0.5) is 0 Å². The average molecular weight is 367 g/mol. The lowest BCUT2D eigenvalue weighted by Gasteiger charge is -2.27. The van der Waals surface area contributed by atoms with Gasteiger partial charge in [-0.05, 0) is 61.4 Å². The van der Waals surface area contributed by atoms with E-state index in [1.807, 2.05) is 54.6 Å². The average Bonchev–Trinajstić information content (AvgIpc) is 2.73. The fourth-order valence-electron chi connectivity index (χ4n) is 3.72. The van der Waals surface area contributed by atoms with Crippen LogP contribution in [0.5, 0.6) is 11.5 Å². The van der Waals surface area contributed by atoms with Crippen LogP contribution in [0.25, 0.3) is 0 Å². The molecule has 0 saturated heterocycles. The van der Waals surface area contributed by atoms with E-state index in [9.17, 15) is 4.79 Å². The van der Waals surface area contributed by atoms with Gasteiger partial charge in [0.05, 0.1) is 5.92 Å². The number of rotatable bonds is 8. The third-order valence-electron chi connectivity index (χ3n) is 5.44. The van der Waals surface area contributed by atoms with Crippen LogP contribution in [0.1, 0.15) is 57.4 Å². The predicted octanol–water partition coefficient (Wildman–Crippen LogP) is 6.17. The zero-order valence-electron chi connectivity index (χ0n) is 16.2. The van der Waals surface area contributed by atoms with E-state index in [1.165, 1.54) is 19.3 Å². The van der Waals surface area contributed by atoms with Gasteiger partial charge in [-0.1, -0.05) is 56.5 Å². The second-order valence-electron chi connectivity index (χ2n) is 7.53. The summed E-state index contributed by atoms with van der Waals surface area (Å²) in [4.78, 5) is 12.4. The van der Waals surface area contributed by atoms with E-state index < -0.39 is 0 Å². The molecule has 0 amide bonds. The van der Waals surface area contributed by atoms with E-state index in [1.54, 1.807) is 0 Å². The van der Waals surface area contributed by atoms with Gasteiger partial charge >= 0.3 is 5.97 Å². The molecule has 0 atom stereocenters. The summed E-state index contributed by atoms with van der Waals surface area (Å²) < 4.78 is 11.4. The molecule has 2 aromatic carbocycles. The molecule has 0 N–H and O–H groups in total. The minimum Gasteiger partial charge on any atom is -0.489 e. The van der Waals surface area contributed by atoms with E-state index in [2.05, 4.69) is 6.92 Å². The van der Waals surface area contributed by atoms with Gasteiger partial charge in [0.1, 0.15) is 18.1 Å². The standard InChI is InChI=1S/C24H30O3/c1-2-3-7-19-10-12-21(13-11-19)24(25)27-23-16-14-22(15-17-23)26-18-20-8-5-4-6-9-20/h4-6,8-9,14-17,19,21H,2-3,7,10-13,18H2,1H3. The molecule has 3 rings (SSSR count). The summed E-state index contributed by atoms with van der Waals surface area (Å²) in [5, 5.41) is 0. The Kier molecular flexibility index (Phi) is 7.32. The second kappa shape index (κ2) is 10.1. The monoisotopic (exact) mass is 366 g/mol. The maximum absolute atomic E-state index is 12.4. The molecule has 0 radical (unpaired) electrons. The van der Waals surface area contributed by atoms with Crippen molar-refractivity contribution < 1.29 is 14.3 Å². The Bertz CT molecular complexity index is 685. The van der Waals surface area contributed by atoms with Gasteiger partial charge in [0.25, 0.3) is 0 Å². The SMILES string of the molecule is CCCCC1CCC(C(=O)Oc2ccc(OCc3ccccc3)cc2)CC1. The molecule has 3 nitrogen and oxygen atoms in total. The van der Waals surface area contributed by atoms with Gasteiger partial charge in [-0.15, -0.1) is 0 Å². The summed E-state index contributed by atoms with van der Waals surface area (Å²) in [6, 6.07) is 17.4. The first-order chi connectivity index (χ1) is 13.2. The zero-order valence-corrected chi connectivity index (χ0v) is 16.2. The van der Waals surface area contributed by atoms with Gasteiger partial charge in [-0.3, -0.25) is 4.79 Å². The van der Waals surface area contributed by atoms with Crippen LogP contribution >= 0.6 is 0 Å². The van der Waals surface area contributed by atoms with Crippen LogP contribution in [-0.4, -0.2) is 5.97 Å². The van der Waals surface area contributed by atoms with E-state index in [0.29, 0.717) is 12.4 Å². The molecule has 3 heteroatoms. The van der Waals surface area contributed by atoms with Crippen molar-refractivity contribution >= 4 is 5.97 Å². The molecule has 1 aliphatic rings. The summed E-state index contributed by atoms with van der Waals surface area (Å²) in [5.41, 5.74) is 1.13. The highest BCUT2D eigenvalue weighted by Gasteiger charge is 2.27. The van der Waals surface area contributed by atoms with Crippen molar-refractivity contribution in [3.05, 3.63) is 60.2 Å². The first kappa shape index (κ1) is 19.5. The highest BCUT2D eigenvalue weighted by Crippen LogP contribution is 2.33. The van der Waals surface area contributed by atoms with Crippen molar-refractivity contribution in [2.24, 2.45) is 11.8 Å². The van der Waals surface area contributed by atoms with E-state index in [-0.39, 0.29) is 11.9 Å². The van der Waals surface area contributed by atoms with Gasteiger partial charge in [0.15, 0.2) is 0 Å². The maximum atomic E-state index is 12.4. The number of hydrogen-bond acceptors (Lipinski definition) is 3. The first-order valence-electron chi connectivity index (χ1n) is 10.2. The van der Waals surface area contributed by atoms with E-state index in [0.717, 1.165) is 42.9 Å². The van der Waals surface area contributed by atoms with Crippen molar-refractivity contribution in [3.63, 3.8) is 0 Å². The number of hydrogen-bond donors (Lipinski definition) is 0. The number of benzene rings is 2. The molecular weight excluding hydrogens is 336 g/mol. The topological polar surface area (TPSA) is 35.5 Å². The lowest BCUT2D eigenvalue weighted by Crippen LogP contribution is -2.25. The quantitative estimate of drug-likeness (QED) is 0.414. The van der Waals surface area contributed by atoms with Gasteiger partial charge in [-0.25, -0.2) is 0 Å². The maximum Gasteiger partial charge on any atom is 0.314 e. The summed E-state index contributed by atoms with van der Waals surface area (Å²) in [5.74, 6) is 2.14. The second-order valence-corrected chi connectivity index (χ2v) is 7.53. The highest BCUT2D eigenvalue weighted by molar-refractivity contribution is 5.75. The Labute approximate surface area is 162 Å². The molecule has 1 fully saturated rings. The van der Waals surface area contributed by atoms with Gasteiger partial charge < -0.3 is 9.47 Å². The Morgan fingerprint density at radius 1 is 0.926 bits per heavy atom. The summed E-state index contributed by atoms with van der Waals surface area (Å²) >= 11 is 0. The third-order valence-corrected chi connectivity index (χ3v) is 5.44. The number of esters is 1. The fourth-order valence-corrected chi connectivity index (χ4v) is 3.72. The van der Waals surface area contributed by atoms with E-state index >= 15 is 0 Å². The molecular formula is C24H30O3. The molecule has 1 saturated carbocycles. The van der Waals surface area contributed by atoms with Crippen LogP contribution in [0.3, 0.4) is 0 Å². The summed E-state index contributed by atoms with van der Waals surface area (Å²) in [6.45, 7) is 2.77. The third kappa shape index (κ3) is 6.13. The van der Waals surface area contributed by atoms with Crippen LogP contribution in [-0.2, 0) is 11.4 Å². The molecule has 27 heavy (non-hydrogen) atoms. The van der Waals surface area contributed by atoms with Crippen LogP contribution < -0.4 is 9.47 Å². The molecule has 144 valence electrons. The molecule has 0 spiro atoms. The molecule has 0 aliphatic heterocycles. The number of unbranched alkanes of at least 4 members (excludes halogenated alkanes) is 1. The Hall–Kier alpha value is -2.29. The molecule has 2 aromatic rings. The Balaban J connectivity index is 1.43. The highest BCUT2D eigenvalue weighted by atomic mass is 16.5. The van der Waals surface area contributed by atoms with Crippen LogP contribution in [0, 0.1) is 11.8 Å². The zero-order chi connectivity index (χ0) is 18.9. The largest absolute Gasteiger partial charge is 0.489 e. The molecule has 0 heterocycles. The number of ether oxygens (including phenoxy) is 2. The smallest absolute Gasteiger partial charge is 0.314 e. The molecule has 0 unspecified atom stereocenters. The summed E-state index contributed by atoms with van der Waals surface area (Å²) in [6.07, 6.45) is 8.11. The van der Waals surface area contributed by atoms with Crippen molar-refractivity contribution in [2.45, 2.75) is 58.5 Å². The predicted molar refractivity (Wildman–Crippen MR) is 108 cm³/mol. The van der Waals surface area contributed by atoms with Crippen LogP contribution in [0.15, 0.2) is 54.6 Å². The lowest BCUT2D eigenvalue weighted by molar-refractivity contribution is -0.140. The Morgan fingerprint density at radius 2 is 1.59 bits per heavy atom. The van der Waals surface area contributed by atoms with Crippen molar-refractivity contribution in [3.8, 4) is 11.5 Å². The molecule has 0 aromatic heterocycles. The van der Waals surface area contributed by atoms with Crippen molar-refractivity contribution in [1.82, 2.24) is 0 Å². The minimum absolute atomic E-state index is 0.0527. The lowest BCUT2D eigenvalue weighted by atomic mass is 9.80.